The van der Waals surface area contributed by atoms with Crippen LogP contribution in [0.25, 0.3) is 11.4 Å². The van der Waals surface area contributed by atoms with Crippen LogP contribution in [0.5, 0.6) is 0 Å². The summed E-state index contributed by atoms with van der Waals surface area (Å²) in [4.78, 5) is 35.5. The van der Waals surface area contributed by atoms with Gasteiger partial charge in [0.1, 0.15) is 11.4 Å². The maximum absolute atomic E-state index is 12.1. The van der Waals surface area contributed by atoms with E-state index in [9.17, 15) is 20.2 Å². The Bertz CT molecular complexity index is 877. The van der Waals surface area contributed by atoms with Crippen LogP contribution in [0.1, 0.15) is 38.5 Å². The number of nitrogens with zero attached hydrogens (tertiary/aromatic N) is 6. The van der Waals surface area contributed by atoms with Crippen molar-refractivity contribution >= 4 is 22.7 Å². The molecule has 2 aromatic heterocycles. The molecule has 2 aliphatic rings. The number of pyridine rings is 2. The molecule has 30 heavy (non-hydrogen) atoms. The van der Waals surface area contributed by atoms with Crippen molar-refractivity contribution in [2.24, 2.45) is 0 Å². The Morgan fingerprint density at radius 2 is 1.03 bits per heavy atom. The molecule has 0 spiro atoms. The van der Waals surface area contributed by atoms with E-state index in [1.165, 1.54) is 12.4 Å². The maximum Gasteiger partial charge on any atom is 0.320 e. The lowest BCUT2D eigenvalue weighted by Gasteiger charge is -2.29. The molecule has 0 N–H and O–H groups in total. The third-order valence-electron chi connectivity index (χ3n) is 5.79. The Hall–Kier alpha value is -3.30. The molecule has 2 aromatic rings. The van der Waals surface area contributed by atoms with Gasteiger partial charge in [-0.1, -0.05) is 0 Å². The fourth-order valence-electron chi connectivity index (χ4n) is 4.37. The van der Waals surface area contributed by atoms with Crippen LogP contribution in [0.3, 0.4) is 0 Å². The standard InChI is InChI=1S/C20H24N6O4/c27-25(28)19-15(23-11-3-1-4-12-23)7-9-21-17(19)18-20(26(29)30)16(8-10-22-18)24-13-5-2-6-14-24/h7-10H,1-6,11-14H2. The Balaban J connectivity index is 1.87. The van der Waals surface area contributed by atoms with Gasteiger partial charge in [0.05, 0.1) is 9.85 Å². The fourth-order valence-corrected chi connectivity index (χ4v) is 4.37. The summed E-state index contributed by atoms with van der Waals surface area (Å²) in [6.07, 6.45) is 8.96. The van der Waals surface area contributed by atoms with Gasteiger partial charge in [-0.25, -0.2) is 9.97 Å². The molecule has 0 bridgehead atoms. The molecular formula is C20H24N6O4. The minimum atomic E-state index is -0.495. The van der Waals surface area contributed by atoms with Gasteiger partial charge in [0.2, 0.25) is 0 Å². The second-order valence-electron chi connectivity index (χ2n) is 7.66. The number of anilines is 2. The summed E-state index contributed by atoms with van der Waals surface area (Å²) in [5.74, 6) is 0. The van der Waals surface area contributed by atoms with E-state index in [1.54, 1.807) is 12.1 Å². The van der Waals surface area contributed by atoms with Gasteiger partial charge in [-0.3, -0.25) is 20.2 Å². The third kappa shape index (κ3) is 3.77. The van der Waals surface area contributed by atoms with Gasteiger partial charge in [0, 0.05) is 38.6 Å². The minimum absolute atomic E-state index is 0.0476. The fraction of sp³-hybridized carbons (Fsp3) is 0.500. The summed E-state index contributed by atoms with van der Waals surface area (Å²) in [7, 11) is 0. The van der Waals surface area contributed by atoms with Crippen molar-refractivity contribution in [3.63, 3.8) is 0 Å². The average Bonchev–Trinajstić information content (AvgIpc) is 2.79. The van der Waals surface area contributed by atoms with Crippen LogP contribution >= 0.6 is 0 Å². The van der Waals surface area contributed by atoms with Gasteiger partial charge < -0.3 is 9.80 Å². The molecule has 0 radical (unpaired) electrons. The van der Waals surface area contributed by atoms with E-state index < -0.39 is 9.85 Å². The second kappa shape index (κ2) is 8.60. The molecule has 0 saturated carbocycles. The molecule has 0 unspecified atom stereocenters. The van der Waals surface area contributed by atoms with Crippen LogP contribution in [0.15, 0.2) is 24.5 Å². The first kappa shape index (κ1) is 20.0. The highest BCUT2D eigenvalue weighted by Gasteiger charge is 2.34. The topological polar surface area (TPSA) is 119 Å². The van der Waals surface area contributed by atoms with Crippen LogP contribution in [-0.2, 0) is 0 Å². The average molecular weight is 412 g/mol. The molecule has 2 aliphatic heterocycles. The Morgan fingerprint density at radius 3 is 1.37 bits per heavy atom. The first-order valence-electron chi connectivity index (χ1n) is 10.3. The van der Waals surface area contributed by atoms with Crippen LogP contribution in [0.2, 0.25) is 0 Å². The number of hydrogen-bond acceptors (Lipinski definition) is 8. The molecule has 0 aliphatic carbocycles. The van der Waals surface area contributed by atoms with Crippen molar-refractivity contribution in [1.29, 1.82) is 0 Å². The van der Waals surface area contributed by atoms with Gasteiger partial charge in [0.15, 0.2) is 11.4 Å². The van der Waals surface area contributed by atoms with Gasteiger partial charge in [0.25, 0.3) is 0 Å². The third-order valence-corrected chi connectivity index (χ3v) is 5.79. The zero-order chi connectivity index (χ0) is 21.1. The van der Waals surface area contributed by atoms with E-state index in [0.717, 1.165) is 38.5 Å². The molecule has 158 valence electrons. The number of piperidine rings is 2. The van der Waals surface area contributed by atoms with Gasteiger partial charge in [-0.15, -0.1) is 0 Å². The predicted molar refractivity (Wildman–Crippen MR) is 113 cm³/mol. The van der Waals surface area contributed by atoms with E-state index in [2.05, 4.69) is 9.97 Å². The predicted octanol–water partition coefficient (Wildman–Crippen LogP) is 3.94. The highest BCUT2D eigenvalue weighted by Crippen LogP contribution is 2.43. The highest BCUT2D eigenvalue weighted by atomic mass is 16.6. The number of nitro groups is 2. The van der Waals surface area contributed by atoms with Gasteiger partial charge in [-0.05, 0) is 50.7 Å². The van der Waals surface area contributed by atoms with Crippen LogP contribution in [0, 0.1) is 20.2 Å². The van der Waals surface area contributed by atoms with Crippen LogP contribution < -0.4 is 9.80 Å². The summed E-state index contributed by atoms with van der Waals surface area (Å²) < 4.78 is 0. The number of aromatic nitrogens is 2. The Morgan fingerprint density at radius 1 is 0.667 bits per heavy atom. The van der Waals surface area contributed by atoms with Crippen molar-refractivity contribution in [1.82, 2.24) is 9.97 Å². The van der Waals surface area contributed by atoms with Crippen molar-refractivity contribution in [3.8, 4) is 11.4 Å². The molecule has 4 rings (SSSR count). The zero-order valence-electron chi connectivity index (χ0n) is 16.7. The molecule has 0 atom stereocenters. The lowest BCUT2D eigenvalue weighted by molar-refractivity contribution is -0.386. The highest BCUT2D eigenvalue weighted by molar-refractivity contribution is 5.86. The quantitative estimate of drug-likeness (QED) is 0.535. The van der Waals surface area contributed by atoms with E-state index in [4.69, 9.17) is 0 Å². The molecule has 10 nitrogen and oxygen atoms in total. The summed E-state index contributed by atoms with van der Waals surface area (Å²) in [6, 6.07) is 3.24. The van der Waals surface area contributed by atoms with Crippen molar-refractivity contribution < 1.29 is 9.85 Å². The van der Waals surface area contributed by atoms with Gasteiger partial charge in [-0.2, -0.15) is 0 Å². The first-order valence-corrected chi connectivity index (χ1v) is 10.3. The molecule has 2 saturated heterocycles. The normalized spacial score (nSPS) is 17.1. The Kier molecular flexibility index (Phi) is 5.73. The second-order valence-corrected chi connectivity index (χ2v) is 7.66. The first-order chi connectivity index (χ1) is 14.6. The van der Waals surface area contributed by atoms with Crippen molar-refractivity contribution in [3.05, 3.63) is 44.8 Å². The molecule has 0 amide bonds. The van der Waals surface area contributed by atoms with Crippen molar-refractivity contribution in [2.75, 3.05) is 36.0 Å². The lowest BCUT2D eigenvalue weighted by Crippen LogP contribution is -2.30. The number of hydrogen-bond donors (Lipinski definition) is 0. The molecule has 0 aromatic carbocycles. The summed E-state index contributed by atoms with van der Waals surface area (Å²) in [6.45, 7) is 2.86. The van der Waals surface area contributed by atoms with Crippen LogP contribution in [-0.4, -0.2) is 46.0 Å². The van der Waals surface area contributed by atoms with Gasteiger partial charge >= 0.3 is 11.4 Å². The van der Waals surface area contributed by atoms with E-state index in [0.29, 0.717) is 37.6 Å². The summed E-state index contributed by atoms with van der Waals surface area (Å²) in [5, 5.41) is 24.1. The molecule has 10 heteroatoms. The maximum atomic E-state index is 12.1. The summed E-state index contributed by atoms with van der Waals surface area (Å²) in [5.41, 5.74) is 0.368. The van der Waals surface area contributed by atoms with E-state index in [-0.39, 0.29) is 22.8 Å². The number of rotatable bonds is 5. The van der Waals surface area contributed by atoms with E-state index >= 15 is 0 Å². The van der Waals surface area contributed by atoms with Crippen LogP contribution in [0.4, 0.5) is 22.7 Å². The zero-order valence-corrected chi connectivity index (χ0v) is 16.7. The molecule has 2 fully saturated rings. The molecular weight excluding hydrogens is 388 g/mol. The van der Waals surface area contributed by atoms with E-state index in [1.807, 2.05) is 9.80 Å². The minimum Gasteiger partial charge on any atom is -0.366 e. The largest absolute Gasteiger partial charge is 0.366 e. The lowest BCUT2D eigenvalue weighted by atomic mass is 10.1. The molecule has 4 heterocycles. The van der Waals surface area contributed by atoms with Crippen molar-refractivity contribution in [2.45, 2.75) is 38.5 Å². The monoisotopic (exact) mass is 412 g/mol. The smallest absolute Gasteiger partial charge is 0.320 e. The Labute approximate surface area is 173 Å². The summed E-state index contributed by atoms with van der Waals surface area (Å²) >= 11 is 0. The SMILES string of the molecule is O=[N+]([O-])c1c(N2CCCCC2)ccnc1-c1nccc(N2CCCCC2)c1[N+](=O)[O-].